The molecule has 2 aromatic heterocycles. The van der Waals surface area contributed by atoms with Gasteiger partial charge < -0.3 is 29.4 Å². The van der Waals surface area contributed by atoms with Crippen LogP contribution >= 0.6 is 0 Å². The average molecular weight is 833 g/mol. The molecule has 2 aromatic carbocycles. The van der Waals surface area contributed by atoms with E-state index in [-0.39, 0.29) is 61.2 Å². The van der Waals surface area contributed by atoms with E-state index in [1.165, 1.54) is 28.0 Å². The molecule has 16 nitrogen and oxygen atoms in total. The number of aliphatic hydroxyl groups is 1. The smallest absolute Gasteiger partial charge is 0.343 e. The standard InChI is InChI=1S/C38H46F2N6O7.CH4O3S/c1-3-25-20-26(7-6-24(25)2)41-31-22-32(48)45(38(51)42-31)11-5-4-10-43-12-14-44(15-13-43)35-30(39)21-28-34(33(35)40)46(27-8-9-27)23-29(36(28)49)37(50)53-19-18-52-17-16-47;1-5(2,3)4/h6-7,20-23,27,41,47H,3-5,8-19H2,1-2H3,(H,42,51);1H3,(H,2,3,4). The Bertz CT molecular complexity index is 2350. The van der Waals surface area contributed by atoms with Crippen LogP contribution in [0.2, 0.25) is 0 Å². The van der Waals surface area contributed by atoms with Crippen LogP contribution in [-0.4, -0.2) is 108 Å². The topological polar surface area (TPSA) is 205 Å². The van der Waals surface area contributed by atoms with Crippen LogP contribution in [0.4, 0.5) is 26.0 Å². The van der Waals surface area contributed by atoms with Crippen LogP contribution in [0.15, 0.2) is 50.9 Å². The zero-order chi connectivity index (χ0) is 42.1. The van der Waals surface area contributed by atoms with Gasteiger partial charge in [-0.05, 0) is 74.9 Å². The number of aliphatic hydroxyl groups excluding tert-OH is 1. The number of anilines is 3. The second-order valence-electron chi connectivity index (χ2n) is 14.3. The van der Waals surface area contributed by atoms with Crippen molar-refractivity contribution in [2.24, 2.45) is 0 Å². The lowest BCUT2D eigenvalue weighted by Gasteiger charge is -2.36. The number of aromatic amines is 1. The van der Waals surface area contributed by atoms with Crippen LogP contribution < -0.4 is 26.9 Å². The quantitative estimate of drug-likeness (QED) is 0.0728. The number of carbonyl (C=O) groups is 1. The summed E-state index contributed by atoms with van der Waals surface area (Å²) >= 11 is 0. The average Bonchev–Trinajstić information content (AvgIpc) is 4.01. The number of hydrogen-bond acceptors (Lipinski definition) is 12. The van der Waals surface area contributed by atoms with Gasteiger partial charge in [-0.1, -0.05) is 13.0 Å². The molecule has 0 radical (unpaired) electrons. The minimum absolute atomic E-state index is 0.0289. The summed E-state index contributed by atoms with van der Waals surface area (Å²) in [6, 6.07) is 8.16. The summed E-state index contributed by atoms with van der Waals surface area (Å²) in [7, 11) is -3.67. The van der Waals surface area contributed by atoms with Crippen molar-refractivity contribution in [1.29, 1.82) is 0 Å². The zero-order valence-corrected chi connectivity index (χ0v) is 33.6. The number of aromatic nitrogens is 3. The maximum absolute atomic E-state index is 16.3. The van der Waals surface area contributed by atoms with E-state index < -0.39 is 44.4 Å². The predicted molar refractivity (Wildman–Crippen MR) is 215 cm³/mol. The van der Waals surface area contributed by atoms with Gasteiger partial charge in [-0.2, -0.15) is 8.42 Å². The van der Waals surface area contributed by atoms with Gasteiger partial charge in [0.25, 0.3) is 15.7 Å². The second-order valence-corrected chi connectivity index (χ2v) is 15.7. The minimum Gasteiger partial charge on any atom is -0.459 e. The van der Waals surface area contributed by atoms with Gasteiger partial charge in [0, 0.05) is 56.7 Å². The molecule has 4 aromatic rings. The summed E-state index contributed by atoms with van der Waals surface area (Å²) in [6.45, 7) is 6.61. The molecule has 6 rings (SSSR count). The fourth-order valence-corrected chi connectivity index (χ4v) is 6.83. The Morgan fingerprint density at radius 2 is 1.69 bits per heavy atom. The van der Waals surface area contributed by atoms with Crippen molar-refractivity contribution < 1.29 is 41.1 Å². The maximum Gasteiger partial charge on any atom is 0.343 e. The lowest BCUT2D eigenvalue weighted by molar-refractivity contribution is 0.0256. The van der Waals surface area contributed by atoms with Gasteiger partial charge in [0.2, 0.25) is 5.43 Å². The molecule has 19 heteroatoms. The van der Waals surface area contributed by atoms with E-state index in [0.29, 0.717) is 57.6 Å². The first kappa shape index (κ1) is 44.2. The molecule has 2 fully saturated rings. The number of H-pyrrole nitrogens is 1. The van der Waals surface area contributed by atoms with E-state index in [9.17, 15) is 27.6 Å². The molecular formula is C39H50F2N6O10S. The number of nitrogens with one attached hydrogen (secondary N) is 2. The van der Waals surface area contributed by atoms with Crippen LogP contribution in [0.3, 0.4) is 0 Å². The van der Waals surface area contributed by atoms with E-state index in [4.69, 9.17) is 19.1 Å². The largest absolute Gasteiger partial charge is 0.459 e. The molecule has 1 saturated heterocycles. The van der Waals surface area contributed by atoms with Crippen molar-refractivity contribution in [3.05, 3.63) is 95.9 Å². The van der Waals surface area contributed by atoms with Gasteiger partial charge in [-0.15, -0.1) is 0 Å². The van der Waals surface area contributed by atoms with Crippen LogP contribution in [0.25, 0.3) is 10.9 Å². The van der Waals surface area contributed by atoms with Gasteiger partial charge in [0.15, 0.2) is 5.82 Å². The molecule has 3 heterocycles. The highest BCUT2D eigenvalue weighted by Gasteiger charge is 2.32. The Kier molecular flexibility index (Phi) is 15.0. The number of esters is 1. The molecular weight excluding hydrogens is 783 g/mol. The summed E-state index contributed by atoms with van der Waals surface area (Å²) in [5, 5.41) is 11.7. The summed E-state index contributed by atoms with van der Waals surface area (Å²) in [4.78, 5) is 58.2. The molecule has 4 N–H and O–H groups in total. The number of benzene rings is 2. The molecule has 0 amide bonds. The number of nitrogens with zero attached hydrogens (tertiary/aromatic N) is 4. The van der Waals surface area contributed by atoms with E-state index >= 15 is 8.78 Å². The molecule has 0 unspecified atom stereocenters. The van der Waals surface area contributed by atoms with Crippen molar-refractivity contribution in [2.75, 3.05) is 75.6 Å². The number of hydrogen-bond donors (Lipinski definition) is 4. The second kappa shape index (κ2) is 19.7. The maximum atomic E-state index is 16.3. The summed E-state index contributed by atoms with van der Waals surface area (Å²) in [6.07, 6.45) is 5.65. The highest BCUT2D eigenvalue weighted by molar-refractivity contribution is 7.85. The lowest BCUT2D eigenvalue weighted by Crippen LogP contribution is -2.47. The highest BCUT2D eigenvalue weighted by Crippen LogP contribution is 2.40. The molecule has 0 bridgehead atoms. The number of piperazine rings is 1. The highest BCUT2D eigenvalue weighted by atomic mass is 32.2. The third kappa shape index (κ3) is 11.6. The first-order valence-corrected chi connectivity index (χ1v) is 21.0. The molecule has 1 aliphatic carbocycles. The molecule has 316 valence electrons. The minimum atomic E-state index is -3.67. The Morgan fingerprint density at radius 3 is 2.33 bits per heavy atom. The van der Waals surface area contributed by atoms with Crippen molar-refractivity contribution in [3.63, 3.8) is 0 Å². The Labute approximate surface area is 333 Å². The van der Waals surface area contributed by atoms with Crippen LogP contribution in [0.1, 0.15) is 60.1 Å². The number of rotatable bonds is 16. The molecule has 0 spiro atoms. The van der Waals surface area contributed by atoms with Crippen molar-refractivity contribution in [1.82, 2.24) is 19.0 Å². The van der Waals surface area contributed by atoms with E-state index in [1.807, 2.05) is 25.1 Å². The number of aryl methyl sites for hydroxylation is 2. The van der Waals surface area contributed by atoms with E-state index in [1.54, 1.807) is 9.47 Å². The van der Waals surface area contributed by atoms with Gasteiger partial charge in [0.05, 0.1) is 37.0 Å². The molecule has 2 aliphatic rings. The third-order valence-electron chi connectivity index (χ3n) is 9.86. The van der Waals surface area contributed by atoms with Crippen molar-refractivity contribution in [2.45, 2.75) is 58.5 Å². The Balaban J connectivity index is 0.00000121. The normalized spacial score (nSPS) is 14.6. The van der Waals surface area contributed by atoms with Crippen molar-refractivity contribution >= 4 is 44.2 Å². The van der Waals surface area contributed by atoms with Crippen molar-refractivity contribution in [3.8, 4) is 0 Å². The fourth-order valence-electron chi connectivity index (χ4n) is 6.83. The number of unbranched alkanes of at least 4 members (excludes halogenated alkanes) is 1. The monoisotopic (exact) mass is 832 g/mol. The first-order chi connectivity index (χ1) is 27.6. The fraction of sp³-hybridized carbons (Fsp3) is 0.487. The Hall–Kier alpha value is -4.95. The molecule has 1 aliphatic heterocycles. The SMILES string of the molecule is CCc1cc(Nc2cc(=O)n(CCCCN3CCN(c4c(F)cc5c(=O)c(C(=O)OCCOCCO)cn(C6CC6)c5c4F)CC3)c(=O)[nH]2)ccc1C.CS(=O)(=O)O. The Morgan fingerprint density at radius 1 is 1.00 bits per heavy atom. The van der Waals surface area contributed by atoms with Gasteiger partial charge >= 0.3 is 11.7 Å². The summed E-state index contributed by atoms with van der Waals surface area (Å²) in [5.74, 6) is -2.30. The van der Waals surface area contributed by atoms with E-state index in [0.717, 1.165) is 31.0 Å². The van der Waals surface area contributed by atoms with Gasteiger partial charge in [-0.3, -0.25) is 28.6 Å². The van der Waals surface area contributed by atoms with Crippen LogP contribution in [0.5, 0.6) is 0 Å². The van der Waals surface area contributed by atoms with Crippen LogP contribution in [0, 0.1) is 18.6 Å². The number of halogens is 2. The molecule has 1 saturated carbocycles. The van der Waals surface area contributed by atoms with Gasteiger partial charge in [0.1, 0.15) is 29.5 Å². The third-order valence-corrected chi connectivity index (χ3v) is 9.86. The predicted octanol–water partition coefficient (Wildman–Crippen LogP) is 3.35. The summed E-state index contributed by atoms with van der Waals surface area (Å²) in [5.41, 5.74) is 0.912. The summed E-state index contributed by atoms with van der Waals surface area (Å²) < 4.78 is 70.8. The number of carbonyl (C=O) groups excluding carboxylic acids is 1. The number of pyridine rings is 1. The zero-order valence-electron chi connectivity index (χ0n) is 32.8. The van der Waals surface area contributed by atoms with Crippen LogP contribution in [-0.2, 0) is 32.6 Å². The number of ether oxygens (including phenoxy) is 2. The number of fused-ring (bicyclic) bond motifs is 1. The van der Waals surface area contributed by atoms with E-state index in [2.05, 4.69) is 22.1 Å². The van der Waals surface area contributed by atoms with Gasteiger partial charge in [-0.25, -0.2) is 18.4 Å². The lowest BCUT2D eigenvalue weighted by atomic mass is 10.1. The molecule has 58 heavy (non-hydrogen) atoms. The first-order valence-electron chi connectivity index (χ1n) is 19.1. The molecule has 0 atom stereocenters.